The molecule has 2 aliphatic heterocycles. The van der Waals surface area contributed by atoms with Crippen LogP contribution in [0.1, 0.15) is 17.7 Å². The molecule has 0 bridgehead atoms. The van der Waals surface area contributed by atoms with E-state index in [1.54, 1.807) is 13.3 Å². The van der Waals surface area contributed by atoms with Crippen molar-refractivity contribution in [3.63, 3.8) is 0 Å². The van der Waals surface area contributed by atoms with Gasteiger partial charge in [0.15, 0.2) is 17.0 Å². The molecule has 4 rings (SSSR count). The normalized spacial score (nSPS) is 18.0. The molecule has 1 aromatic heterocycles. The smallest absolute Gasteiger partial charge is 0.178 e. The zero-order valence-corrected chi connectivity index (χ0v) is 18.3. The van der Waals surface area contributed by atoms with Crippen LogP contribution in [-0.4, -0.2) is 55.3 Å². The number of rotatable bonds is 8. The lowest BCUT2D eigenvalue weighted by Gasteiger charge is -2.22. The van der Waals surface area contributed by atoms with Crippen LogP contribution in [0.2, 0.25) is 0 Å². The number of methoxy groups -OCH3 is 1. The van der Waals surface area contributed by atoms with E-state index in [1.165, 1.54) is 0 Å². The number of hydrogen-bond donors (Lipinski definition) is 1. The monoisotopic (exact) mass is 433 g/mol. The van der Waals surface area contributed by atoms with E-state index in [1.807, 2.05) is 37.1 Å². The van der Waals surface area contributed by atoms with Gasteiger partial charge in [0.05, 0.1) is 40.2 Å². The highest BCUT2D eigenvalue weighted by Crippen LogP contribution is 2.44. The quantitative estimate of drug-likeness (QED) is 0.637. The highest BCUT2D eigenvalue weighted by molar-refractivity contribution is 7.85. The van der Waals surface area contributed by atoms with E-state index in [9.17, 15) is 4.21 Å². The van der Waals surface area contributed by atoms with E-state index in [0.29, 0.717) is 37.9 Å². The number of nitrogens with zero attached hydrogens (tertiary/aromatic N) is 2. The van der Waals surface area contributed by atoms with Crippen LogP contribution >= 0.6 is 0 Å². The molecule has 0 radical (unpaired) electrons. The van der Waals surface area contributed by atoms with Gasteiger partial charge in [-0.1, -0.05) is 0 Å². The summed E-state index contributed by atoms with van der Waals surface area (Å²) in [4.78, 5) is 6.42. The number of anilines is 2. The Morgan fingerprint density at radius 2 is 2.03 bits per heavy atom. The molecule has 162 valence electrons. The first-order valence-electron chi connectivity index (χ1n) is 9.95. The molecular formula is C21H27N3O5S. The summed E-state index contributed by atoms with van der Waals surface area (Å²) in [6.45, 7) is 4.24. The number of fused-ring (bicyclic) bond motifs is 2. The third-order valence-corrected chi connectivity index (χ3v) is 6.70. The molecule has 0 fully saturated rings. The number of ether oxygens (including phenoxy) is 4. The van der Waals surface area contributed by atoms with Crippen LogP contribution in [0.15, 0.2) is 24.4 Å². The first kappa shape index (κ1) is 20.7. The molecule has 0 aliphatic carbocycles. The predicted octanol–water partition coefficient (Wildman–Crippen LogP) is 2.67. The molecule has 2 aromatic rings. The fraction of sp³-hybridized carbons (Fsp3) is 0.476. The zero-order valence-electron chi connectivity index (χ0n) is 17.5. The zero-order chi connectivity index (χ0) is 21.1. The second kappa shape index (κ2) is 9.09. The van der Waals surface area contributed by atoms with Crippen molar-refractivity contribution in [1.82, 2.24) is 4.98 Å². The van der Waals surface area contributed by atoms with E-state index in [2.05, 4.69) is 10.3 Å². The van der Waals surface area contributed by atoms with E-state index >= 15 is 0 Å². The Morgan fingerprint density at radius 3 is 2.80 bits per heavy atom. The van der Waals surface area contributed by atoms with Gasteiger partial charge in [0.2, 0.25) is 0 Å². The van der Waals surface area contributed by atoms with Gasteiger partial charge in [0.1, 0.15) is 19.0 Å². The van der Waals surface area contributed by atoms with Crippen molar-refractivity contribution in [2.45, 2.75) is 24.6 Å². The molecule has 0 amide bonds. The average molecular weight is 434 g/mol. The Hall–Kier alpha value is -2.52. The summed E-state index contributed by atoms with van der Waals surface area (Å²) in [7, 11) is 2.36. The molecule has 9 heteroatoms. The Labute approximate surface area is 178 Å². The Balaban J connectivity index is 1.45. The molecule has 0 spiro atoms. The van der Waals surface area contributed by atoms with Crippen LogP contribution in [0.25, 0.3) is 0 Å². The maximum Gasteiger partial charge on any atom is 0.178 e. The van der Waals surface area contributed by atoms with Crippen molar-refractivity contribution < 1.29 is 23.2 Å². The summed E-state index contributed by atoms with van der Waals surface area (Å²) in [5, 5.41) is 3.35. The van der Waals surface area contributed by atoms with Crippen LogP contribution in [-0.2, 0) is 21.3 Å². The number of benzene rings is 1. The van der Waals surface area contributed by atoms with Gasteiger partial charge in [0, 0.05) is 51.1 Å². The standard InChI is InChI=1S/C21H27N3O5S/c1-14-16(22-6-5-18(14)27-8-4-7-26-3)13-30(25)21-23-15-11-19-20(29-10-9-28-19)12-17(15)24(21)2/h5-6,11-12,21,23H,4,7-10,13H2,1-3H3. The maximum absolute atomic E-state index is 13.2. The van der Waals surface area contributed by atoms with Crippen LogP contribution in [0.3, 0.4) is 0 Å². The number of hydrogen-bond acceptors (Lipinski definition) is 8. The van der Waals surface area contributed by atoms with E-state index in [4.69, 9.17) is 18.9 Å². The van der Waals surface area contributed by atoms with E-state index in [-0.39, 0.29) is 5.50 Å². The molecule has 30 heavy (non-hydrogen) atoms. The number of nitrogens with one attached hydrogen (secondary N) is 1. The molecule has 2 aliphatic rings. The van der Waals surface area contributed by atoms with Crippen molar-refractivity contribution in [2.75, 3.05) is 50.8 Å². The van der Waals surface area contributed by atoms with Crippen molar-refractivity contribution in [1.29, 1.82) is 0 Å². The lowest BCUT2D eigenvalue weighted by Crippen LogP contribution is -2.37. The maximum atomic E-state index is 13.2. The van der Waals surface area contributed by atoms with Crippen molar-refractivity contribution >= 4 is 22.2 Å². The summed E-state index contributed by atoms with van der Waals surface area (Å²) < 4.78 is 35.5. The summed E-state index contributed by atoms with van der Waals surface area (Å²) in [6, 6.07) is 5.69. The second-order valence-corrected chi connectivity index (χ2v) is 8.72. The molecule has 1 N–H and O–H groups in total. The van der Waals surface area contributed by atoms with Gasteiger partial charge < -0.3 is 29.2 Å². The largest absolute Gasteiger partial charge is 0.493 e. The minimum absolute atomic E-state index is 0.323. The third-order valence-electron chi connectivity index (χ3n) is 5.21. The average Bonchev–Trinajstić information content (AvgIpc) is 3.07. The van der Waals surface area contributed by atoms with Gasteiger partial charge in [0.25, 0.3) is 0 Å². The molecule has 2 atom stereocenters. The molecule has 3 heterocycles. The summed E-state index contributed by atoms with van der Waals surface area (Å²) >= 11 is 0. The molecular weight excluding hydrogens is 406 g/mol. The molecule has 2 unspecified atom stereocenters. The highest BCUT2D eigenvalue weighted by Gasteiger charge is 2.33. The van der Waals surface area contributed by atoms with E-state index < -0.39 is 10.8 Å². The van der Waals surface area contributed by atoms with Crippen molar-refractivity contribution in [3.05, 3.63) is 35.7 Å². The molecule has 0 saturated carbocycles. The van der Waals surface area contributed by atoms with Gasteiger partial charge in [-0.3, -0.25) is 9.19 Å². The second-order valence-electron chi connectivity index (χ2n) is 7.22. The Bertz CT molecular complexity index is 939. The van der Waals surface area contributed by atoms with Crippen LogP contribution < -0.4 is 24.4 Å². The SMILES string of the molecule is COCCCOc1ccnc(CS(=O)C2Nc3cc4c(cc3N2C)OCCO4)c1C. The van der Waals surface area contributed by atoms with Gasteiger partial charge in [-0.15, -0.1) is 0 Å². The minimum Gasteiger partial charge on any atom is -0.493 e. The number of pyridine rings is 1. The number of aromatic nitrogens is 1. The van der Waals surface area contributed by atoms with E-state index in [0.717, 1.165) is 40.6 Å². The van der Waals surface area contributed by atoms with Gasteiger partial charge in [-0.2, -0.15) is 0 Å². The predicted molar refractivity (Wildman–Crippen MR) is 116 cm³/mol. The van der Waals surface area contributed by atoms with Gasteiger partial charge >= 0.3 is 0 Å². The van der Waals surface area contributed by atoms with Crippen LogP contribution in [0.5, 0.6) is 17.2 Å². The van der Waals surface area contributed by atoms with Crippen LogP contribution in [0, 0.1) is 6.92 Å². The fourth-order valence-corrected chi connectivity index (χ4v) is 4.99. The molecule has 0 saturated heterocycles. The summed E-state index contributed by atoms with van der Waals surface area (Å²) in [5.41, 5.74) is 3.15. The van der Waals surface area contributed by atoms with Crippen LogP contribution in [0.4, 0.5) is 11.4 Å². The third kappa shape index (κ3) is 4.17. The lowest BCUT2D eigenvalue weighted by molar-refractivity contribution is 0.172. The fourth-order valence-electron chi connectivity index (χ4n) is 3.54. The van der Waals surface area contributed by atoms with Crippen molar-refractivity contribution in [3.8, 4) is 17.2 Å². The minimum atomic E-state index is -1.24. The van der Waals surface area contributed by atoms with Crippen molar-refractivity contribution in [2.24, 2.45) is 0 Å². The highest BCUT2D eigenvalue weighted by atomic mass is 32.2. The molecule has 8 nitrogen and oxygen atoms in total. The topological polar surface area (TPSA) is 82.2 Å². The first-order valence-corrected chi connectivity index (χ1v) is 11.3. The Morgan fingerprint density at radius 1 is 1.27 bits per heavy atom. The summed E-state index contributed by atoms with van der Waals surface area (Å²) in [5.74, 6) is 2.52. The molecule has 1 aromatic carbocycles. The van der Waals surface area contributed by atoms with Gasteiger partial charge in [-0.25, -0.2) is 0 Å². The van der Waals surface area contributed by atoms with Gasteiger partial charge in [-0.05, 0) is 13.0 Å². The lowest BCUT2D eigenvalue weighted by atomic mass is 10.2. The summed E-state index contributed by atoms with van der Waals surface area (Å²) in [6.07, 6.45) is 2.51. The Kier molecular flexibility index (Phi) is 6.29. The first-order chi connectivity index (χ1) is 14.6.